The van der Waals surface area contributed by atoms with Crippen LogP contribution in [0.25, 0.3) is 0 Å². The SMILES string of the molecule is Cc1cccc(C(C)C)c1NC(=O)C1CC(=O)N(c2ccc(Cl)cc2)C1. The molecule has 5 heteroatoms. The maximum atomic E-state index is 12.8. The van der Waals surface area contributed by atoms with Crippen LogP contribution in [-0.4, -0.2) is 18.4 Å². The largest absolute Gasteiger partial charge is 0.325 e. The summed E-state index contributed by atoms with van der Waals surface area (Å²) < 4.78 is 0. The molecular formula is C21H23ClN2O2. The van der Waals surface area contributed by atoms with Crippen LogP contribution < -0.4 is 10.2 Å². The summed E-state index contributed by atoms with van der Waals surface area (Å²) in [5.74, 6) is -0.203. The molecule has 0 aromatic heterocycles. The maximum absolute atomic E-state index is 12.8. The van der Waals surface area contributed by atoms with Crippen molar-refractivity contribution in [2.24, 2.45) is 5.92 Å². The first-order valence-electron chi connectivity index (χ1n) is 8.83. The Labute approximate surface area is 159 Å². The van der Waals surface area contributed by atoms with E-state index in [1.165, 1.54) is 0 Å². The minimum Gasteiger partial charge on any atom is -0.325 e. The number of benzene rings is 2. The predicted molar refractivity (Wildman–Crippen MR) is 106 cm³/mol. The quantitative estimate of drug-likeness (QED) is 0.843. The fraction of sp³-hybridized carbons (Fsp3) is 0.333. The Balaban J connectivity index is 1.76. The third kappa shape index (κ3) is 3.75. The molecule has 1 N–H and O–H groups in total. The number of halogens is 1. The van der Waals surface area contributed by atoms with E-state index in [2.05, 4.69) is 19.2 Å². The number of amides is 2. The second kappa shape index (κ2) is 7.50. The maximum Gasteiger partial charge on any atom is 0.229 e. The standard InChI is InChI=1S/C21H23ClN2O2/c1-13(2)18-6-4-5-14(3)20(18)23-21(26)15-11-19(25)24(12-15)17-9-7-16(22)8-10-17/h4-10,13,15H,11-12H2,1-3H3,(H,23,26). The highest BCUT2D eigenvalue weighted by molar-refractivity contribution is 6.30. The van der Waals surface area contributed by atoms with Crippen LogP contribution in [0.5, 0.6) is 0 Å². The predicted octanol–water partition coefficient (Wildman–Crippen LogP) is 4.76. The van der Waals surface area contributed by atoms with Crippen molar-refractivity contribution in [1.82, 2.24) is 0 Å². The zero-order valence-electron chi connectivity index (χ0n) is 15.3. The summed E-state index contributed by atoms with van der Waals surface area (Å²) in [5, 5.41) is 3.69. The Morgan fingerprint density at radius 1 is 1.19 bits per heavy atom. The van der Waals surface area contributed by atoms with Gasteiger partial charge >= 0.3 is 0 Å². The van der Waals surface area contributed by atoms with Crippen LogP contribution in [0.3, 0.4) is 0 Å². The molecular weight excluding hydrogens is 348 g/mol. The van der Waals surface area contributed by atoms with E-state index in [4.69, 9.17) is 11.6 Å². The Morgan fingerprint density at radius 2 is 1.88 bits per heavy atom. The van der Waals surface area contributed by atoms with Gasteiger partial charge in [-0.1, -0.05) is 43.6 Å². The number of nitrogens with one attached hydrogen (secondary N) is 1. The lowest BCUT2D eigenvalue weighted by molar-refractivity contribution is -0.122. The first-order valence-corrected chi connectivity index (χ1v) is 9.21. The Bertz CT molecular complexity index is 830. The van der Waals surface area contributed by atoms with Crippen molar-refractivity contribution in [1.29, 1.82) is 0 Å². The number of nitrogens with zero attached hydrogens (tertiary/aromatic N) is 1. The van der Waals surface area contributed by atoms with E-state index >= 15 is 0 Å². The lowest BCUT2D eigenvalue weighted by atomic mass is 9.97. The highest BCUT2D eigenvalue weighted by Gasteiger charge is 2.35. The van der Waals surface area contributed by atoms with Crippen molar-refractivity contribution in [2.75, 3.05) is 16.8 Å². The van der Waals surface area contributed by atoms with Crippen LogP contribution in [0, 0.1) is 12.8 Å². The van der Waals surface area contributed by atoms with Gasteiger partial charge in [0.1, 0.15) is 0 Å². The van der Waals surface area contributed by atoms with Gasteiger partial charge in [0.05, 0.1) is 5.92 Å². The number of carbonyl (C=O) groups is 2. The third-order valence-corrected chi connectivity index (χ3v) is 5.06. The summed E-state index contributed by atoms with van der Waals surface area (Å²) in [4.78, 5) is 26.8. The van der Waals surface area contributed by atoms with Gasteiger partial charge in [-0.05, 0) is 48.2 Å². The molecule has 1 saturated heterocycles. The Kier molecular flexibility index (Phi) is 5.33. The molecule has 1 aliphatic rings. The van der Waals surface area contributed by atoms with Crippen LogP contribution in [0.15, 0.2) is 42.5 Å². The van der Waals surface area contributed by atoms with Gasteiger partial charge in [0.2, 0.25) is 11.8 Å². The fourth-order valence-corrected chi connectivity index (χ4v) is 3.45. The van der Waals surface area contributed by atoms with Gasteiger partial charge in [0.25, 0.3) is 0 Å². The van der Waals surface area contributed by atoms with Crippen molar-refractivity contribution in [3.05, 3.63) is 58.6 Å². The lowest BCUT2D eigenvalue weighted by Crippen LogP contribution is -2.28. The van der Waals surface area contributed by atoms with Gasteiger partial charge in [-0.2, -0.15) is 0 Å². The zero-order chi connectivity index (χ0) is 18.8. The first kappa shape index (κ1) is 18.5. The molecule has 3 rings (SSSR count). The van der Waals surface area contributed by atoms with Gasteiger partial charge in [-0.3, -0.25) is 9.59 Å². The van der Waals surface area contributed by atoms with Gasteiger partial charge in [0.15, 0.2) is 0 Å². The van der Waals surface area contributed by atoms with Crippen molar-refractivity contribution in [3.8, 4) is 0 Å². The van der Waals surface area contributed by atoms with Crippen molar-refractivity contribution in [2.45, 2.75) is 33.1 Å². The second-order valence-electron chi connectivity index (χ2n) is 7.06. The molecule has 0 spiro atoms. The number of hydrogen-bond acceptors (Lipinski definition) is 2. The second-order valence-corrected chi connectivity index (χ2v) is 7.50. The average molecular weight is 371 g/mol. The smallest absolute Gasteiger partial charge is 0.229 e. The summed E-state index contributed by atoms with van der Waals surface area (Å²) in [5.41, 5.74) is 3.78. The highest BCUT2D eigenvalue weighted by Crippen LogP contribution is 2.30. The normalized spacial score (nSPS) is 17.0. The number of anilines is 2. The highest BCUT2D eigenvalue weighted by atomic mass is 35.5. The van der Waals surface area contributed by atoms with Crippen LogP contribution in [0.1, 0.15) is 37.3 Å². The van der Waals surface area contributed by atoms with Crippen LogP contribution >= 0.6 is 11.6 Å². The zero-order valence-corrected chi connectivity index (χ0v) is 16.0. The molecule has 26 heavy (non-hydrogen) atoms. The Hall–Kier alpha value is -2.33. The van der Waals surface area contributed by atoms with E-state index < -0.39 is 0 Å². The first-order chi connectivity index (χ1) is 12.4. The summed E-state index contributed by atoms with van der Waals surface area (Å²) in [6.45, 7) is 6.58. The molecule has 136 valence electrons. The fourth-order valence-electron chi connectivity index (χ4n) is 3.32. The van der Waals surface area contributed by atoms with Crippen molar-refractivity contribution in [3.63, 3.8) is 0 Å². The molecule has 1 atom stereocenters. The molecule has 1 aliphatic heterocycles. The minimum absolute atomic E-state index is 0.0404. The number of hydrogen-bond donors (Lipinski definition) is 1. The van der Waals surface area contributed by atoms with Crippen LogP contribution in [-0.2, 0) is 9.59 Å². The minimum atomic E-state index is -0.363. The summed E-state index contributed by atoms with van der Waals surface area (Å²) in [6, 6.07) is 13.1. The Morgan fingerprint density at radius 3 is 2.54 bits per heavy atom. The third-order valence-electron chi connectivity index (χ3n) is 4.81. The summed E-state index contributed by atoms with van der Waals surface area (Å²) in [7, 11) is 0. The molecule has 0 radical (unpaired) electrons. The molecule has 2 aromatic carbocycles. The summed E-state index contributed by atoms with van der Waals surface area (Å²) in [6.07, 6.45) is 0.220. The van der Waals surface area contributed by atoms with Crippen LogP contribution in [0.2, 0.25) is 5.02 Å². The molecule has 0 aliphatic carbocycles. The van der Waals surface area contributed by atoms with E-state index in [1.54, 1.807) is 29.2 Å². The van der Waals surface area contributed by atoms with E-state index in [1.807, 2.05) is 25.1 Å². The van der Waals surface area contributed by atoms with Crippen LogP contribution in [0.4, 0.5) is 11.4 Å². The van der Waals surface area contributed by atoms with Gasteiger partial charge in [0, 0.05) is 29.4 Å². The number of carbonyl (C=O) groups excluding carboxylic acids is 2. The topological polar surface area (TPSA) is 49.4 Å². The van der Waals surface area contributed by atoms with E-state index in [9.17, 15) is 9.59 Å². The van der Waals surface area contributed by atoms with Crippen molar-refractivity contribution < 1.29 is 9.59 Å². The molecule has 1 unspecified atom stereocenters. The molecule has 2 amide bonds. The van der Waals surface area contributed by atoms with Gasteiger partial charge in [-0.25, -0.2) is 0 Å². The molecule has 4 nitrogen and oxygen atoms in total. The summed E-state index contributed by atoms with van der Waals surface area (Å²) >= 11 is 5.91. The molecule has 1 fully saturated rings. The lowest BCUT2D eigenvalue weighted by Gasteiger charge is -2.19. The number of rotatable bonds is 4. The average Bonchev–Trinajstić information content (AvgIpc) is 2.99. The van der Waals surface area contributed by atoms with E-state index in [0.717, 1.165) is 22.5 Å². The monoisotopic (exact) mass is 370 g/mol. The van der Waals surface area contributed by atoms with E-state index in [0.29, 0.717) is 17.5 Å². The van der Waals surface area contributed by atoms with Gasteiger partial charge in [-0.15, -0.1) is 0 Å². The number of para-hydroxylation sites is 1. The molecule has 1 heterocycles. The number of aryl methyl sites for hydroxylation is 1. The van der Waals surface area contributed by atoms with Gasteiger partial charge < -0.3 is 10.2 Å². The van der Waals surface area contributed by atoms with E-state index in [-0.39, 0.29) is 24.2 Å². The molecule has 2 aromatic rings. The van der Waals surface area contributed by atoms with Crippen molar-refractivity contribution >= 4 is 34.8 Å². The molecule has 0 saturated carbocycles. The molecule has 0 bridgehead atoms.